The maximum atomic E-state index is 12.4. The van der Waals surface area contributed by atoms with Crippen molar-refractivity contribution in [1.29, 1.82) is 0 Å². The van der Waals surface area contributed by atoms with Gasteiger partial charge in [-0.25, -0.2) is 0 Å². The molecule has 0 aliphatic heterocycles. The predicted molar refractivity (Wildman–Crippen MR) is 103 cm³/mol. The second kappa shape index (κ2) is 8.35. The van der Waals surface area contributed by atoms with E-state index in [1.54, 1.807) is 38.7 Å². The molecule has 7 nitrogen and oxygen atoms in total. The molecule has 0 fully saturated rings. The van der Waals surface area contributed by atoms with Crippen LogP contribution < -0.4 is 14.8 Å². The van der Waals surface area contributed by atoms with Crippen LogP contribution in [0.2, 0.25) is 0 Å². The highest BCUT2D eigenvalue weighted by Crippen LogP contribution is 2.28. The lowest BCUT2D eigenvalue weighted by Gasteiger charge is -2.10. The molecule has 3 rings (SSSR count). The molecule has 27 heavy (non-hydrogen) atoms. The molecule has 0 spiro atoms. The van der Waals surface area contributed by atoms with Crippen LogP contribution in [0.5, 0.6) is 11.5 Å². The maximum Gasteiger partial charge on any atom is 0.164 e. The minimum absolute atomic E-state index is 0.0409. The lowest BCUT2D eigenvalue weighted by Crippen LogP contribution is -2.09. The lowest BCUT2D eigenvalue weighted by molar-refractivity contribution is 0.0986. The van der Waals surface area contributed by atoms with Crippen molar-refractivity contribution in [3.8, 4) is 22.9 Å². The number of rotatable bonds is 8. The number of nitrogens with one attached hydrogen (secondary N) is 1. The number of nitrogens with zero attached hydrogens (tertiary/aromatic N) is 3. The average Bonchev–Trinajstić information content (AvgIpc) is 3.13. The first-order valence-electron chi connectivity index (χ1n) is 8.56. The van der Waals surface area contributed by atoms with Gasteiger partial charge in [-0.15, -0.1) is 10.2 Å². The Kier molecular flexibility index (Phi) is 5.71. The first-order chi connectivity index (χ1) is 13.1. The van der Waals surface area contributed by atoms with Gasteiger partial charge in [0.2, 0.25) is 0 Å². The zero-order valence-electron chi connectivity index (χ0n) is 15.6. The van der Waals surface area contributed by atoms with Gasteiger partial charge >= 0.3 is 0 Å². The van der Waals surface area contributed by atoms with Crippen LogP contribution in [0.15, 0.2) is 48.8 Å². The van der Waals surface area contributed by atoms with Crippen LogP contribution in [0.25, 0.3) is 11.4 Å². The number of ether oxygens (including phenoxy) is 2. The second-order valence-corrected chi connectivity index (χ2v) is 6.01. The molecule has 2 aromatic carbocycles. The highest BCUT2D eigenvalue weighted by atomic mass is 16.5. The molecule has 0 unspecified atom stereocenters. The van der Waals surface area contributed by atoms with E-state index < -0.39 is 0 Å². The summed E-state index contributed by atoms with van der Waals surface area (Å²) in [5.74, 6) is 2.01. The zero-order chi connectivity index (χ0) is 19.2. The third-order valence-corrected chi connectivity index (χ3v) is 4.24. The Labute approximate surface area is 158 Å². The normalized spacial score (nSPS) is 10.5. The third-order valence-electron chi connectivity index (χ3n) is 4.24. The number of aromatic nitrogens is 3. The number of anilines is 1. The summed E-state index contributed by atoms with van der Waals surface area (Å²) >= 11 is 0. The highest BCUT2D eigenvalue weighted by Gasteiger charge is 2.11. The van der Waals surface area contributed by atoms with Crippen molar-refractivity contribution < 1.29 is 14.3 Å². The van der Waals surface area contributed by atoms with Gasteiger partial charge in [-0.1, -0.05) is 0 Å². The van der Waals surface area contributed by atoms with Crippen molar-refractivity contribution >= 4 is 11.5 Å². The number of aryl methyl sites for hydroxylation is 1. The summed E-state index contributed by atoms with van der Waals surface area (Å²) in [5.41, 5.74) is 2.54. The summed E-state index contributed by atoms with van der Waals surface area (Å²) in [4.78, 5) is 12.4. The number of carbonyl (C=O) groups excluding carboxylic acids is 1. The smallest absolute Gasteiger partial charge is 0.164 e. The van der Waals surface area contributed by atoms with Gasteiger partial charge in [-0.2, -0.15) is 0 Å². The van der Waals surface area contributed by atoms with Crippen LogP contribution in [-0.4, -0.2) is 41.3 Å². The Morgan fingerprint density at radius 3 is 2.44 bits per heavy atom. The minimum atomic E-state index is 0.0409. The molecule has 1 aromatic heterocycles. The molecule has 0 aliphatic rings. The van der Waals surface area contributed by atoms with Crippen molar-refractivity contribution in [3.63, 3.8) is 0 Å². The molecule has 0 saturated heterocycles. The summed E-state index contributed by atoms with van der Waals surface area (Å²) in [5, 5.41) is 11.2. The van der Waals surface area contributed by atoms with Crippen molar-refractivity contribution in [3.05, 3.63) is 54.4 Å². The van der Waals surface area contributed by atoms with Gasteiger partial charge in [-0.05, 0) is 42.5 Å². The minimum Gasteiger partial charge on any atom is -0.493 e. The second-order valence-electron chi connectivity index (χ2n) is 6.01. The van der Waals surface area contributed by atoms with Gasteiger partial charge < -0.3 is 19.4 Å². The summed E-state index contributed by atoms with van der Waals surface area (Å²) in [6.07, 6.45) is 2.04. The average molecular weight is 366 g/mol. The topological polar surface area (TPSA) is 78.3 Å². The van der Waals surface area contributed by atoms with Gasteiger partial charge in [0, 0.05) is 36.8 Å². The number of hydrogen-bond donors (Lipinski definition) is 1. The summed E-state index contributed by atoms with van der Waals surface area (Å²) in [7, 11) is 5.03. The van der Waals surface area contributed by atoms with Crippen LogP contribution in [0.3, 0.4) is 0 Å². The molecule has 0 aliphatic carbocycles. The molecular formula is C20H22N4O3. The molecule has 1 heterocycles. The standard InChI is InChI=1S/C20H22N4O3/c1-24-13-22-23-20(24)14-4-7-16(8-5-14)21-11-10-17(25)15-6-9-18(26-2)19(12-15)27-3/h4-9,12-13,21H,10-11H2,1-3H3. The Hall–Kier alpha value is -3.35. The van der Waals surface area contributed by atoms with Gasteiger partial charge in [0.05, 0.1) is 14.2 Å². The number of benzene rings is 2. The number of ketones is 1. The Balaban J connectivity index is 1.56. The van der Waals surface area contributed by atoms with Gasteiger partial charge in [0.15, 0.2) is 23.1 Å². The van der Waals surface area contributed by atoms with Crippen LogP contribution in [-0.2, 0) is 7.05 Å². The molecule has 0 amide bonds. The number of hydrogen-bond acceptors (Lipinski definition) is 6. The zero-order valence-corrected chi connectivity index (χ0v) is 15.6. The molecule has 0 atom stereocenters. The van der Waals surface area contributed by atoms with E-state index in [1.165, 1.54) is 0 Å². The van der Waals surface area contributed by atoms with Crippen molar-refractivity contribution in [2.75, 3.05) is 26.1 Å². The van der Waals surface area contributed by atoms with Gasteiger partial charge in [-0.3, -0.25) is 4.79 Å². The van der Waals surface area contributed by atoms with E-state index in [4.69, 9.17) is 9.47 Å². The van der Waals surface area contributed by atoms with Gasteiger partial charge in [0.25, 0.3) is 0 Å². The fourth-order valence-electron chi connectivity index (χ4n) is 2.76. The van der Waals surface area contributed by atoms with Gasteiger partial charge in [0.1, 0.15) is 6.33 Å². The Bertz CT molecular complexity index is 919. The van der Waals surface area contributed by atoms with E-state index in [0.29, 0.717) is 30.0 Å². The number of methoxy groups -OCH3 is 2. The fourth-order valence-corrected chi connectivity index (χ4v) is 2.76. The molecule has 3 aromatic rings. The van der Waals surface area contributed by atoms with E-state index in [2.05, 4.69) is 15.5 Å². The molecule has 0 bridgehead atoms. The summed E-state index contributed by atoms with van der Waals surface area (Å²) in [6, 6.07) is 13.1. The molecule has 1 N–H and O–H groups in total. The monoisotopic (exact) mass is 366 g/mol. The van der Waals surface area contributed by atoms with Crippen LogP contribution in [0.4, 0.5) is 5.69 Å². The van der Waals surface area contributed by atoms with Crippen molar-refractivity contribution in [1.82, 2.24) is 14.8 Å². The van der Waals surface area contributed by atoms with E-state index in [1.807, 2.05) is 35.9 Å². The SMILES string of the molecule is COc1ccc(C(=O)CCNc2ccc(-c3nncn3C)cc2)cc1OC. The maximum absolute atomic E-state index is 12.4. The first-order valence-corrected chi connectivity index (χ1v) is 8.56. The third kappa shape index (κ3) is 4.25. The highest BCUT2D eigenvalue weighted by molar-refractivity contribution is 5.97. The Morgan fingerprint density at radius 1 is 1.07 bits per heavy atom. The fraction of sp³-hybridized carbons (Fsp3) is 0.250. The number of Topliss-reactive ketones (excluding diaryl/α,β-unsaturated/α-hetero) is 1. The molecule has 140 valence electrons. The lowest BCUT2D eigenvalue weighted by atomic mass is 10.1. The number of carbonyl (C=O) groups is 1. The van der Waals surface area contributed by atoms with E-state index in [-0.39, 0.29) is 5.78 Å². The summed E-state index contributed by atoms with van der Waals surface area (Å²) in [6.45, 7) is 0.538. The van der Waals surface area contributed by atoms with Crippen LogP contribution >= 0.6 is 0 Å². The van der Waals surface area contributed by atoms with E-state index >= 15 is 0 Å². The van der Waals surface area contributed by atoms with E-state index in [0.717, 1.165) is 17.1 Å². The molecule has 0 radical (unpaired) electrons. The van der Waals surface area contributed by atoms with Crippen LogP contribution in [0, 0.1) is 0 Å². The quantitative estimate of drug-likeness (QED) is 0.617. The Morgan fingerprint density at radius 2 is 1.81 bits per heavy atom. The predicted octanol–water partition coefficient (Wildman–Crippen LogP) is 3.18. The van der Waals surface area contributed by atoms with Crippen molar-refractivity contribution in [2.45, 2.75) is 6.42 Å². The van der Waals surface area contributed by atoms with E-state index in [9.17, 15) is 4.79 Å². The van der Waals surface area contributed by atoms with Crippen LogP contribution in [0.1, 0.15) is 16.8 Å². The molecular weight excluding hydrogens is 344 g/mol. The molecule has 0 saturated carbocycles. The first kappa shape index (κ1) is 18.4. The largest absolute Gasteiger partial charge is 0.493 e. The summed E-state index contributed by atoms with van der Waals surface area (Å²) < 4.78 is 12.3. The van der Waals surface area contributed by atoms with Crippen molar-refractivity contribution in [2.24, 2.45) is 7.05 Å². The molecule has 7 heteroatoms.